The molecule has 0 aromatic heterocycles. The molecule has 2 atom stereocenters. The molecule has 0 bridgehead atoms. The van der Waals surface area contributed by atoms with Crippen LogP contribution in [0.3, 0.4) is 0 Å². The van der Waals surface area contributed by atoms with Gasteiger partial charge in [0.25, 0.3) is 0 Å². The molecule has 1 unspecified atom stereocenters. The minimum absolute atomic E-state index is 0.446. The summed E-state index contributed by atoms with van der Waals surface area (Å²) in [5, 5.41) is 10.2. The summed E-state index contributed by atoms with van der Waals surface area (Å²) in [5.74, 6) is 0. The van der Waals surface area contributed by atoms with Crippen LogP contribution in [0.2, 0.25) is 0 Å². The monoisotopic (exact) mass is 256 g/mol. The number of aliphatic hydroxyl groups is 1. The first-order chi connectivity index (χ1) is 8.13. The molecule has 3 nitrogen and oxygen atoms in total. The van der Waals surface area contributed by atoms with E-state index >= 15 is 0 Å². The molecule has 1 aliphatic heterocycles. The van der Waals surface area contributed by atoms with Gasteiger partial charge in [-0.2, -0.15) is 0 Å². The highest BCUT2D eigenvalue weighted by Gasteiger charge is 2.38. The second-order valence-corrected chi connectivity index (χ2v) is 6.99. The molecule has 18 heavy (non-hydrogen) atoms. The Hall–Kier alpha value is -0.120. The molecule has 3 heteroatoms. The molecule has 1 fully saturated rings. The molecular formula is C15H32N2O. The van der Waals surface area contributed by atoms with Gasteiger partial charge in [-0.05, 0) is 54.9 Å². The van der Waals surface area contributed by atoms with Gasteiger partial charge >= 0.3 is 0 Å². The molecule has 1 heterocycles. The van der Waals surface area contributed by atoms with Crippen molar-refractivity contribution >= 4 is 0 Å². The number of rotatable bonds is 4. The van der Waals surface area contributed by atoms with Gasteiger partial charge in [0.05, 0.1) is 5.60 Å². The van der Waals surface area contributed by atoms with Crippen LogP contribution in [0.25, 0.3) is 0 Å². The largest absolute Gasteiger partial charge is 0.390 e. The van der Waals surface area contributed by atoms with Gasteiger partial charge in [0, 0.05) is 37.3 Å². The zero-order valence-electron chi connectivity index (χ0n) is 13.3. The smallest absolute Gasteiger partial charge is 0.0607 e. The maximum atomic E-state index is 10.2. The molecule has 0 aromatic rings. The SMILES string of the molecule is CC(C)N1CCN(C(C)C)[C@@H](CC(C)(C)O)C1C. The number of hydrogen-bond donors (Lipinski definition) is 1. The third kappa shape index (κ3) is 3.94. The van der Waals surface area contributed by atoms with Crippen LogP contribution in [-0.4, -0.2) is 57.8 Å². The van der Waals surface area contributed by atoms with Crippen molar-refractivity contribution < 1.29 is 5.11 Å². The van der Waals surface area contributed by atoms with E-state index in [4.69, 9.17) is 0 Å². The Morgan fingerprint density at radius 1 is 1.06 bits per heavy atom. The highest BCUT2D eigenvalue weighted by Crippen LogP contribution is 2.27. The third-order valence-electron chi connectivity index (χ3n) is 4.16. The molecule has 0 radical (unpaired) electrons. The van der Waals surface area contributed by atoms with Gasteiger partial charge in [-0.25, -0.2) is 0 Å². The molecule has 1 saturated heterocycles. The fourth-order valence-corrected chi connectivity index (χ4v) is 3.27. The third-order valence-corrected chi connectivity index (χ3v) is 4.16. The minimum atomic E-state index is -0.591. The van der Waals surface area contributed by atoms with E-state index < -0.39 is 5.60 Å². The van der Waals surface area contributed by atoms with Crippen molar-refractivity contribution in [2.45, 2.75) is 84.7 Å². The highest BCUT2D eigenvalue weighted by molar-refractivity contribution is 4.94. The zero-order chi connectivity index (χ0) is 14.1. The first-order valence-electron chi connectivity index (χ1n) is 7.37. The topological polar surface area (TPSA) is 26.7 Å². The summed E-state index contributed by atoms with van der Waals surface area (Å²) in [4.78, 5) is 5.12. The predicted molar refractivity (Wildman–Crippen MR) is 77.8 cm³/mol. The molecule has 0 amide bonds. The molecule has 1 rings (SSSR count). The quantitative estimate of drug-likeness (QED) is 0.836. The fourth-order valence-electron chi connectivity index (χ4n) is 3.27. The lowest BCUT2D eigenvalue weighted by Crippen LogP contribution is -2.62. The lowest BCUT2D eigenvalue weighted by atomic mass is 9.89. The van der Waals surface area contributed by atoms with Crippen LogP contribution < -0.4 is 0 Å². The number of nitrogens with zero attached hydrogens (tertiary/aromatic N) is 2. The van der Waals surface area contributed by atoms with Crippen molar-refractivity contribution in [1.29, 1.82) is 0 Å². The summed E-state index contributed by atoms with van der Waals surface area (Å²) >= 11 is 0. The van der Waals surface area contributed by atoms with Crippen LogP contribution in [0.15, 0.2) is 0 Å². The summed E-state index contributed by atoms with van der Waals surface area (Å²) < 4.78 is 0. The first kappa shape index (κ1) is 15.9. The maximum absolute atomic E-state index is 10.2. The summed E-state index contributed by atoms with van der Waals surface area (Å²) in [6, 6.07) is 2.08. The lowest BCUT2D eigenvalue weighted by Gasteiger charge is -2.51. The van der Waals surface area contributed by atoms with E-state index in [0.29, 0.717) is 24.2 Å². The molecule has 108 valence electrons. The second-order valence-electron chi connectivity index (χ2n) is 6.99. The van der Waals surface area contributed by atoms with Crippen molar-refractivity contribution in [2.24, 2.45) is 0 Å². The summed E-state index contributed by atoms with van der Waals surface area (Å²) in [5.41, 5.74) is -0.591. The fraction of sp³-hybridized carbons (Fsp3) is 1.00. The molecule has 0 saturated carbocycles. The molecular weight excluding hydrogens is 224 g/mol. The Balaban J connectivity index is 2.86. The molecule has 0 aliphatic carbocycles. The van der Waals surface area contributed by atoms with Gasteiger partial charge in [0.2, 0.25) is 0 Å². The van der Waals surface area contributed by atoms with Crippen molar-refractivity contribution in [3.05, 3.63) is 0 Å². The first-order valence-corrected chi connectivity index (χ1v) is 7.37. The van der Waals surface area contributed by atoms with Crippen molar-refractivity contribution in [1.82, 2.24) is 9.80 Å². The van der Waals surface area contributed by atoms with Gasteiger partial charge in [-0.1, -0.05) is 0 Å². The lowest BCUT2D eigenvalue weighted by molar-refractivity contribution is -0.0461. The average molecular weight is 256 g/mol. The van der Waals surface area contributed by atoms with Crippen molar-refractivity contribution in [2.75, 3.05) is 13.1 Å². The molecule has 0 aromatic carbocycles. The van der Waals surface area contributed by atoms with Crippen LogP contribution in [-0.2, 0) is 0 Å². The van der Waals surface area contributed by atoms with E-state index in [9.17, 15) is 5.11 Å². The molecule has 1 aliphatic rings. The summed E-state index contributed by atoms with van der Waals surface area (Å²) in [6.07, 6.45) is 0.843. The summed E-state index contributed by atoms with van der Waals surface area (Å²) in [6.45, 7) is 17.5. The van der Waals surface area contributed by atoms with Crippen molar-refractivity contribution in [3.63, 3.8) is 0 Å². The van der Waals surface area contributed by atoms with Crippen molar-refractivity contribution in [3.8, 4) is 0 Å². The van der Waals surface area contributed by atoms with Gasteiger partial charge in [-0.3, -0.25) is 9.80 Å². The standard InChI is InChI=1S/C15H32N2O/c1-11(2)16-8-9-17(12(3)4)14(13(16)5)10-15(6,7)18/h11-14,18H,8-10H2,1-7H3/t13?,14-/m0/s1. The van der Waals surface area contributed by atoms with Crippen LogP contribution >= 0.6 is 0 Å². The number of piperazine rings is 1. The Morgan fingerprint density at radius 2 is 1.50 bits per heavy atom. The van der Waals surface area contributed by atoms with E-state index in [0.717, 1.165) is 19.5 Å². The molecule has 1 N–H and O–H groups in total. The Bertz CT molecular complexity index is 258. The number of hydrogen-bond acceptors (Lipinski definition) is 3. The zero-order valence-corrected chi connectivity index (χ0v) is 13.3. The van der Waals surface area contributed by atoms with Gasteiger partial charge < -0.3 is 5.11 Å². The Kier molecular flexibility index (Phi) is 5.22. The van der Waals surface area contributed by atoms with E-state index in [2.05, 4.69) is 44.4 Å². The van der Waals surface area contributed by atoms with Crippen LogP contribution in [0.1, 0.15) is 54.9 Å². The van der Waals surface area contributed by atoms with E-state index in [1.54, 1.807) is 0 Å². The Labute approximate surface area is 113 Å². The maximum Gasteiger partial charge on any atom is 0.0607 e. The predicted octanol–water partition coefficient (Wildman–Crippen LogP) is 2.34. The Morgan fingerprint density at radius 3 is 1.89 bits per heavy atom. The highest BCUT2D eigenvalue weighted by atomic mass is 16.3. The van der Waals surface area contributed by atoms with Crippen LogP contribution in [0, 0.1) is 0 Å². The van der Waals surface area contributed by atoms with Gasteiger partial charge in [-0.15, -0.1) is 0 Å². The minimum Gasteiger partial charge on any atom is -0.390 e. The van der Waals surface area contributed by atoms with E-state index in [1.165, 1.54) is 0 Å². The van der Waals surface area contributed by atoms with Gasteiger partial charge in [0.15, 0.2) is 0 Å². The average Bonchev–Trinajstić information content (AvgIpc) is 2.17. The van der Waals surface area contributed by atoms with Crippen LogP contribution in [0.4, 0.5) is 0 Å². The van der Waals surface area contributed by atoms with E-state index in [-0.39, 0.29) is 0 Å². The second kappa shape index (κ2) is 5.89. The summed E-state index contributed by atoms with van der Waals surface area (Å²) in [7, 11) is 0. The molecule has 0 spiro atoms. The van der Waals surface area contributed by atoms with Crippen LogP contribution in [0.5, 0.6) is 0 Å². The van der Waals surface area contributed by atoms with Gasteiger partial charge in [0.1, 0.15) is 0 Å². The van der Waals surface area contributed by atoms with E-state index in [1.807, 2.05) is 13.8 Å². The normalized spacial score (nSPS) is 28.3.